The molecule has 178 valence electrons. The lowest BCUT2D eigenvalue weighted by Crippen LogP contribution is -2.44. The number of non-ortho nitro benzene ring substituents is 1. The molecule has 4 atom stereocenters. The van der Waals surface area contributed by atoms with Crippen LogP contribution in [0.4, 0.5) is 11.4 Å². The Balaban J connectivity index is 1.49. The van der Waals surface area contributed by atoms with Crippen molar-refractivity contribution in [2.75, 3.05) is 4.90 Å². The van der Waals surface area contributed by atoms with Crippen molar-refractivity contribution in [1.29, 1.82) is 0 Å². The summed E-state index contributed by atoms with van der Waals surface area (Å²) >= 11 is 6.00. The largest absolute Gasteiger partial charge is 0.292 e. The Hall–Kier alpha value is -4.37. The number of hydrazone groups is 1. The number of carbonyl (C=O) groups excluding carboxylic acids is 3. The normalized spacial score (nSPS) is 23.9. The molecule has 9 nitrogen and oxygen atoms in total. The minimum Gasteiger partial charge on any atom is -0.292 e. The van der Waals surface area contributed by atoms with E-state index in [0.29, 0.717) is 10.6 Å². The van der Waals surface area contributed by atoms with Gasteiger partial charge in [-0.1, -0.05) is 41.9 Å². The first kappa shape index (κ1) is 22.1. The molecule has 0 radical (unpaired) electrons. The molecule has 36 heavy (non-hydrogen) atoms. The number of Topliss-reactive ketones (excluding diaryl/α,β-unsaturated/α-hetero) is 1. The number of anilines is 1. The summed E-state index contributed by atoms with van der Waals surface area (Å²) in [7, 11) is 0. The molecule has 2 saturated heterocycles. The number of amides is 2. The number of nitrogens with zero attached hydrogens (tertiary/aromatic N) is 4. The van der Waals surface area contributed by atoms with Gasteiger partial charge >= 0.3 is 0 Å². The molecule has 0 bridgehead atoms. The Labute approximate surface area is 209 Å². The van der Waals surface area contributed by atoms with E-state index in [-0.39, 0.29) is 17.2 Å². The molecule has 0 aliphatic carbocycles. The summed E-state index contributed by atoms with van der Waals surface area (Å²) in [6, 6.07) is 17.4. The van der Waals surface area contributed by atoms with Crippen LogP contribution in [-0.2, 0) is 9.59 Å². The summed E-state index contributed by atoms with van der Waals surface area (Å²) < 4.78 is 0. The van der Waals surface area contributed by atoms with Gasteiger partial charge in [0.05, 0.1) is 34.7 Å². The first-order valence-electron chi connectivity index (χ1n) is 11.2. The molecule has 3 aromatic rings. The van der Waals surface area contributed by atoms with Gasteiger partial charge in [-0.2, -0.15) is 5.10 Å². The fraction of sp³-hybridized carbons (Fsp3) is 0.154. The van der Waals surface area contributed by atoms with Gasteiger partial charge in [-0.15, -0.1) is 0 Å². The highest BCUT2D eigenvalue weighted by Gasteiger charge is 2.65. The van der Waals surface area contributed by atoms with Crippen LogP contribution in [0.5, 0.6) is 0 Å². The standard InChI is InChI=1S/C26H17ClN4O5/c27-16-10-8-14(9-11-16)24(32)23-21-20(22-19-7-2-1-4-15(19)13-28-30(22)23)25(33)29(26(21)34)17-5-3-6-18(12-17)31(35)36/h1-13,20-23H/t20-,21+,22?,23-/m1/s1. The van der Waals surface area contributed by atoms with E-state index in [9.17, 15) is 24.5 Å². The minimum absolute atomic E-state index is 0.102. The van der Waals surface area contributed by atoms with Crippen LogP contribution in [0, 0.1) is 22.0 Å². The van der Waals surface area contributed by atoms with Crippen molar-refractivity contribution in [2.45, 2.75) is 12.1 Å². The molecule has 2 fully saturated rings. The molecule has 3 aromatic carbocycles. The van der Waals surface area contributed by atoms with Crippen LogP contribution in [0.3, 0.4) is 0 Å². The summed E-state index contributed by atoms with van der Waals surface area (Å²) in [4.78, 5) is 53.1. The van der Waals surface area contributed by atoms with Crippen molar-refractivity contribution in [3.05, 3.63) is 105 Å². The van der Waals surface area contributed by atoms with Gasteiger partial charge in [0.1, 0.15) is 6.04 Å². The van der Waals surface area contributed by atoms with Crippen LogP contribution in [0.15, 0.2) is 77.9 Å². The smallest absolute Gasteiger partial charge is 0.271 e. The number of nitro groups is 1. The summed E-state index contributed by atoms with van der Waals surface area (Å²) in [6.45, 7) is 0. The van der Waals surface area contributed by atoms with Gasteiger partial charge in [-0.3, -0.25) is 29.5 Å². The molecule has 0 spiro atoms. The van der Waals surface area contributed by atoms with Gasteiger partial charge in [0.15, 0.2) is 5.78 Å². The second-order valence-corrected chi connectivity index (χ2v) is 9.29. The predicted molar refractivity (Wildman–Crippen MR) is 131 cm³/mol. The van der Waals surface area contributed by atoms with Crippen molar-refractivity contribution >= 4 is 46.8 Å². The maximum atomic E-state index is 13.8. The second kappa shape index (κ2) is 8.10. The maximum Gasteiger partial charge on any atom is 0.271 e. The molecule has 10 heteroatoms. The van der Waals surface area contributed by atoms with Crippen LogP contribution in [-0.4, -0.2) is 39.8 Å². The average molecular weight is 501 g/mol. The lowest BCUT2D eigenvalue weighted by Gasteiger charge is -2.33. The minimum atomic E-state index is -1.04. The topological polar surface area (TPSA) is 113 Å². The number of nitro benzene ring substituents is 1. The van der Waals surface area contributed by atoms with E-state index in [2.05, 4.69) is 5.10 Å². The van der Waals surface area contributed by atoms with Crippen molar-refractivity contribution in [1.82, 2.24) is 5.01 Å². The van der Waals surface area contributed by atoms with E-state index in [1.54, 1.807) is 35.5 Å². The number of rotatable bonds is 4. The van der Waals surface area contributed by atoms with Gasteiger partial charge in [0, 0.05) is 22.7 Å². The van der Waals surface area contributed by atoms with Crippen LogP contribution in [0.1, 0.15) is 27.5 Å². The summed E-state index contributed by atoms with van der Waals surface area (Å²) in [5.74, 6) is -3.37. The van der Waals surface area contributed by atoms with Crippen LogP contribution in [0.25, 0.3) is 0 Å². The zero-order valence-corrected chi connectivity index (χ0v) is 19.3. The molecule has 0 saturated carbocycles. The summed E-state index contributed by atoms with van der Waals surface area (Å²) in [6.07, 6.45) is 1.63. The van der Waals surface area contributed by atoms with Gasteiger partial charge in [-0.05, 0) is 41.5 Å². The van der Waals surface area contributed by atoms with E-state index in [1.807, 2.05) is 24.3 Å². The Morgan fingerprint density at radius 1 is 0.944 bits per heavy atom. The number of halogens is 1. The Morgan fingerprint density at radius 2 is 1.67 bits per heavy atom. The number of imide groups is 1. The molecule has 2 amide bonds. The highest BCUT2D eigenvalue weighted by Crippen LogP contribution is 2.53. The Morgan fingerprint density at radius 3 is 2.42 bits per heavy atom. The van der Waals surface area contributed by atoms with Crippen molar-refractivity contribution < 1.29 is 19.3 Å². The van der Waals surface area contributed by atoms with Crippen LogP contribution in [0.2, 0.25) is 5.02 Å². The first-order valence-corrected chi connectivity index (χ1v) is 11.6. The third-order valence-electron chi connectivity index (χ3n) is 6.99. The summed E-state index contributed by atoms with van der Waals surface area (Å²) in [5.41, 5.74) is 1.78. The zero-order chi connectivity index (χ0) is 25.1. The number of fused-ring (bicyclic) bond motifs is 5. The Kier molecular flexibility index (Phi) is 4.97. The fourth-order valence-corrected chi connectivity index (χ4v) is 5.58. The SMILES string of the molecule is O=C(c1ccc(Cl)cc1)[C@H]1[C@H]2C(=O)N(c3cccc([N+](=O)[O-])c3)C(=O)[C@H]2C2c3ccccc3C=NN21. The average Bonchev–Trinajstić information content (AvgIpc) is 3.36. The van der Waals surface area contributed by atoms with Crippen molar-refractivity contribution in [2.24, 2.45) is 16.9 Å². The molecule has 6 rings (SSSR count). The lowest BCUT2D eigenvalue weighted by molar-refractivity contribution is -0.384. The fourth-order valence-electron chi connectivity index (χ4n) is 5.45. The van der Waals surface area contributed by atoms with Gasteiger partial charge in [0.25, 0.3) is 5.69 Å². The number of ketones is 1. The Bertz CT molecular complexity index is 1490. The molecular weight excluding hydrogens is 484 g/mol. The van der Waals surface area contributed by atoms with Crippen LogP contribution < -0.4 is 4.90 Å². The first-order chi connectivity index (χ1) is 17.4. The molecule has 1 unspecified atom stereocenters. The zero-order valence-electron chi connectivity index (χ0n) is 18.5. The third-order valence-corrected chi connectivity index (χ3v) is 7.24. The molecule has 0 aromatic heterocycles. The van der Waals surface area contributed by atoms with Gasteiger partial charge in [0.2, 0.25) is 11.8 Å². The van der Waals surface area contributed by atoms with E-state index in [4.69, 9.17) is 11.6 Å². The van der Waals surface area contributed by atoms with Crippen molar-refractivity contribution in [3.63, 3.8) is 0 Å². The second-order valence-electron chi connectivity index (χ2n) is 8.85. The van der Waals surface area contributed by atoms with Crippen molar-refractivity contribution in [3.8, 4) is 0 Å². The highest BCUT2D eigenvalue weighted by atomic mass is 35.5. The quantitative estimate of drug-likeness (QED) is 0.231. The van der Waals surface area contributed by atoms with E-state index in [1.165, 1.54) is 24.3 Å². The van der Waals surface area contributed by atoms with Crippen LogP contribution >= 0.6 is 11.6 Å². The molecular formula is C26H17ClN4O5. The van der Waals surface area contributed by atoms with E-state index < -0.39 is 40.7 Å². The molecule has 3 heterocycles. The maximum absolute atomic E-state index is 13.8. The highest BCUT2D eigenvalue weighted by molar-refractivity contribution is 6.30. The summed E-state index contributed by atoms with van der Waals surface area (Å²) in [5, 5.41) is 17.9. The third kappa shape index (κ3) is 3.16. The van der Waals surface area contributed by atoms with E-state index >= 15 is 0 Å². The van der Waals surface area contributed by atoms with Gasteiger partial charge < -0.3 is 0 Å². The van der Waals surface area contributed by atoms with Gasteiger partial charge in [-0.25, -0.2) is 4.90 Å². The molecule has 0 N–H and O–H groups in total. The lowest BCUT2D eigenvalue weighted by atomic mass is 9.83. The number of hydrogen-bond donors (Lipinski definition) is 0. The predicted octanol–water partition coefficient (Wildman–Crippen LogP) is 4.01. The van der Waals surface area contributed by atoms with E-state index in [0.717, 1.165) is 16.0 Å². The molecule has 3 aliphatic heterocycles. The number of hydrogen-bond acceptors (Lipinski definition) is 7. The molecule has 3 aliphatic rings. The number of benzene rings is 3. The monoisotopic (exact) mass is 500 g/mol. The number of carbonyl (C=O) groups is 3.